The monoisotopic (exact) mass is 525 g/mol. The largest absolute Gasteiger partial charge is 0.310 e. The summed E-state index contributed by atoms with van der Waals surface area (Å²) in [6, 6.07) is 46.0. The lowest BCUT2D eigenvalue weighted by atomic mass is 9.96. The summed E-state index contributed by atoms with van der Waals surface area (Å²) in [7, 11) is 0. The minimum atomic E-state index is -0.0925. The molecule has 0 N–H and O–H groups in total. The van der Waals surface area contributed by atoms with Crippen LogP contribution in [0.5, 0.6) is 0 Å². The number of hydrogen-bond acceptors (Lipinski definition) is 1. The van der Waals surface area contributed by atoms with E-state index < -0.39 is 0 Å². The summed E-state index contributed by atoms with van der Waals surface area (Å²) in [6.45, 7) is 0. The summed E-state index contributed by atoms with van der Waals surface area (Å²) >= 11 is 0. The van der Waals surface area contributed by atoms with Crippen molar-refractivity contribution in [1.82, 2.24) is 0 Å². The normalized spacial score (nSPS) is 12.8. The van der Waals surface area contributed by atoms with Crippen LogP contribution in [0.3, 0.4) is 0 Å². The van der Waals surface area contributed by atoms with Crippen molar-refractivity contribution >= 4 is 60.2 Å². The highest BCUT2D eigenvalue weighted by Crippen LogP contribution is 2.42. The third kappa shape index (κ3) is 4.02. The maximum absolute atomic E-state index is 9.38. The summed E-state index contributed by atoms with van der Waals surface area (Å²) in [5, 5.41) is 8.43. The molecular formula is C40H27N. The Morgan fingerprint density at radius 3 is 1.68 bits per heavy atom. The molecule has 0 unspecified atom stereocenters. The molecular weight excluding hydrogens is 494 g/mol. The molecule has 0 fully saturated rings. The van der Waals surface area contributed by atoms with Gasteiger partial charge in [0.1, 0.15) is 0 Å². The quantitative estimate of drug-likeness (QED) is 0.207. The molecule has 0 bridgehead atoms. The first-order chi connectivity index (χ1) is 22.0. The van der Waals surface area contributed by atoms with E-state index in [1.807, 2.05) is 89.8 Å². The van der Waals surface area contributed by atoms with Gasteiger partial charge in [-0.1, -0.05) is 127 Å². The minimum Gasteiger partial charge on any atom is -0.310 e. The number of fused-ring (bicyclic) bond motifs is 6. The fraction of sp³-hybridized carbons (Fsp3) is 0. The van der Waals surface area contributed by atoms with Gasteiger partial charge in [-0.2, -0.15) is 0 Å². The van der Waals surface area contributed by atoms with E-state index in [4.69, 9.17) is 0 Å². The standard InChI is InChI=1S/C40H27N/c1-2-12-33(13-3-1)41(40-27-32-11-5-7-15-36(32)37-16-8-9-17-38(37)40)34-24-22-28(23-25-34)31-21-20-30-19-18-29-10-4-6-14-35(29)39(30)26-31/h1-27H/i22D,23D,24D,25D. The maximum atomic E-state index is 9.38. The van der Waals surface area contributed by atoms with Crippen molar-refractivity contribution in [2.24, 2.45) is 0 Å². The lowest BCUT2D eigenvalue weighted by molar-refractivity contribution is 1.30. The molecule has 0 heterocycles. The summed E-state index contributed by atoms with van der Waals surface area (Å²) in [5.74, 6) is 0. The van der Waals surface area contributed by atoms with Gasteiger partial charge in [-0.3, -0.25) is 0 Å². The number of hydrogen-bond donors (Lipinski definition) is 0. The van der Waals surface area contributed by atoms with Gasteiger partial charge in [-0.25, -0.2) is 0 Å². The molecule has 0 saturated carbocycles. The molecule has 0 aromatic heterocycles. The van der Waals surface area contributed by atoms with Gasteiger partial charge in [-0.05, 0) is 85.2 Å². The molecule has 0 spiro atoms. The van der Waals surface area contributed by atoms with Gasteiger partial charge in [0.2, 0.25) is 0 Å². The van der Waals surface area contributed by atoms with Gasteiger partial charge < -0.3 is 4.90 Å². The third-order valence-electron chi connectivity index (χ3n) is 7.87. The van der Waals surface area contributed by atoms with Gasteiger partial charge >= 0.3 is 0 Å². The lowest BCUT2D eigenvalue weighted by Crippen LogP contribution is -2.10. The fourth-order valence-corrected chi connectivity index (χ4v) is 5.90. The van der Waals surface area contributed by atoms with Crippen LogP contribution in [-0.2, 0) is 0 Å². The highest BCUT2D eigenvalue weighted by molar-refractivity contribution is 6.14. The van der Waals surface area contributed by atoms with E-state index in [2.05, 4.69) is 54.6 Å². The van der Waals surface area contributed by atoms with Crippen LogP contribution in [0, 0.1) is 0 Å². The second kappa shape index (κ2) is 9.66. The molecule has 0 atom stereocenters. The maximum Gasteiger partial charge on any atom is 0.0645 e. The number of benzene rings is 8. The first kappa shape index (κ1) is 19.6. The Morgan fingerprint density at radius 1 is 0.366 bits per heavy atom. The van der Waals surface area contributed by atoms with Crippen molar-refractivity contribution < 1.29 is 5.48 Å². The smallest absolute Gasteiger partial charge is 0.0645 e. The van der Waals surface area contributed by atoms with E-state index in [1.54, 1.807) is 0 Å². The lowest BCUT2D eigenvalue weighted by Gasteiger charge is -2.27. The summed E-state index contributed by atoms with van der Waals surface area (Å²) < 4.78 is 37.3. The van der Waals surface area contributed by atoms with E-state index in [9.17, 15) is 5.48 Å². The highest BCUT2D eigenvalue weighted by Gasteiger charge is 2.17. The van der Waals surface area contributed by atoms with E-state index in [-0.39, 0.29) is 29.9 Å². The zero-order valence-corrected chi connectivity index (χ0v) is 22.2. The first-order valence-corrected chi connectivity index (χ1v) is 13.8. The summed E-state index contributed by atoms with van der Waals surface area (Å²) in [4.78, 5) is 1.88. The third-order valence-corrected chi connectivity index (χ3v) is 7.87. The number of anilines is 3. The van der Waals surface area contributed by atoms with Crippen LogP contribution in [-0.4, -0.2) is 0 Å². The van der Waals surface area contributed by atoms with Crippen molar-refractivity contribution in [2.75, 3.05) is 4.90 Å². The Labute approximate surface area is 245 Å². The van der Waals surface area contributed by atoms with Crippen LogP contribution >= 0.6 is 0 Å². The Hall–Kier alpha value is -5.40. The molecule has 0 saturated heterocycles. The minimum absolute atomic E-state index is 0.0726. The summed E-state index contributed by atoms with van der Waals surface area (Å²) in [5.41, 5.74) is 2.71. The Bertz CT molecular complexity index is 2410. The molecule has 0 amide bonds. The number of para-hydroxylation sites is 1. The molecule has 1 heteroatoms. The van der Waals surface area contributed by atoms with Gasteiger partial charge in [0.05, 0.1) is 11.2 Å². The van der Waals surface area contributed by atoms with Gasteiger partial charge in [0.25, 0.3) is 0 Å². The van der Waals surface area contributed by atoms with Crippen LogP contribution < -0.4 is 4.90 Å². The van der Waals surface area contributed by atoms with E-state index in [1.165, 1.54) is 0 Å². The van der Waals surface area contributed by atoms with E-state index in [0.29, 0.717) is 11.1 Å². The van der Waals surface area contributed by atoms with Crippen molar-refractivity contribution in [3.8, 4) is 11.1 Å². The van der Waals surface area contributed by atoms with Crippen molar-refractivity contribution in [3.05, 3.63) is 164 Å². The van der Waals surface area contributed by atoms with Gasteiger partial charge in [0.15, 0.2) is 0 Å². The average Bonchev–Trinajstić information content (AvgIpc) is 3.09. The topological polar surface area (TPSA) is 3.24 Å². The Balaban J connectivity index is 1.40. The molecule has 8 aromatic rings. The first-order valence-electron chi connectivity index (χ1n) is 15.8. The second-order valence-corrected chi connectivity index (χ2v) is 10.3. The van der Waals surface area contributed by atoms with Crippen molar-refractivity contribution in [3.63, 3.8) is 0 Å². The van der Waals surface area contributed by atoms with Crippen LogP contribution in [0.4, 0.5) is 17.1 Å². The van der Waals surface area contributed by atoms with Crippen LogP contribution in [0.15, 0.2) is 164 Å². The van der Waals surface area contributed by atoms with Crippen LogP contribution in [0.2, 0.25) is 0 Å². The molecule has 8 rings (SSSR count). The molecule has 41 heavy (non-hydrogen) atoms. The predicted octanol–water partition coefficient (Wildman–Crippen LogP) is 11.4. The van der Waals surface area contributed by atoms with Gasteiger partial charge in [-0.15, -0.1) is 0 Å². The molecule has 192 valence electrons. The van der Waals surface area contributed by atoms with E-state index in [0.717, 1.165) is 54.5 Å². The number of rotatable bonds is 4. The molecule has 0 aliphatic heterocycles. The average molecular weight is 526 g/mol. The Kier molecular flexibility index (Phi) is 4.62. The molecule has 0 radical (unpaired) electrons. The van der Waals surface area contributed by atoms with Crippen molar-refractivity contribution in [1.29, 1.82) is 0 Å². The number of nitrogens with zero attached hydrogens (tertiary/aromatic N) is 1. The highest BCUT2D eigenvalue weighted by atomic mass is 15.1. The molecule has 1 nitrogen and oxygen atoms in total. The predicted molar refractivity (Wildman–Crippen MR) is 177 cm³/mol. The SMILES string of the molecule is [2H]c1c([2H])c(N(c2ccccc2)c2cc3ccccc3c3ccccc23)c([2H])c([2H])c1-c1ccc2ccc3ccccc3c2c1. The zero-order valence-electron chi connectivity index (χ0n) is 26.2. The molecule has 0 aliphatic carbocycles. The fourth-order valence-electron chi connectivity index (χ4n) is 5.90. The second-order valence-electron chi connectivity index (χ2n) is 10.3. The van der Waals surface area contributed by atoms with Crippen molar-refractivity contribution in [2.45, 2.75) is 0 Å². The van der Waals surface area contributed by atoms with Crippen LogP contribution in [0.25, 0.3) is 54.2 Å². The zero-order chi connectivity index (χ0) is 30.7. The summed E-state index contributed by atoms with van der Waals surface area (Å²) in [6.07, 6.45) is 0. The van der Waals surface area contributed by atoms with Gasteiger partial charge in [0, 0.05) is 16.8 Å². The van der Waals surface area contributed by atoms with E-state index >= 15 is 0 Å². The van der Waals surface area contributed by atoms with Crippen LogP contribution in [0.1, 0.15) is 5.48 Å². The Morgan fingerprint density at radius 2 is 0.927 bits per heavy atom. The molecule has 0 aliphatic rings. The molecule has 8 aromatic carbocycles.